The fourth-order valence-electron chi connectivity index (χ4n) is 2.12. The van der Waals surface area contributed by atoms with Crippen molar-refractivity contribution in [1.82, 2.24) is 9.97 Å². The van der Waals surface area contributed by atoms with E-state index in [0.717, 1.165) is 22.7 Å². The van der Waals surface area contributed by atoms with Crippen molar-refractivity contribution in [1.29, 1.82) is 0 Å². The number of hydrogen-bond donors (Lipinski definition) is 0. The topological polar surface area (TPSA) is 42.9 Å². The molecule has 0 fully saturated rings. The van der Waals surface area contributed by atoms with Crippen LogP contribution in [0, 0.1) is 0 Å². The molecule has 1 aromatic carbocycles. The second-order valence-electron chi connectivity index (χ2n) is 4.90. The average Bonchev–Trinajstić information content (AvgIpc) is 3.03. The van der Waals surface area contributed by atoms with Crippen molar-refractivity contribution in [2.75, 3.05) is 0 Å². The number of aryl methyl sites for hydroxylation is 2. The summed E-state index contributed by atoms with van der Waals surface area (Å²) in [5, 5.41) is 2.78. The molecule has 3 nitrogen and oxygen atoms in total. The van der Waals surface area contributed by atoms with Crippen molar-refractivity contribution in [3.8, 4) is 0 Å². The molecule has 0 atom stereocenters. The van der Waals surface area contributed by atoms with Gasteiger partial charge in [-0.1, -0.05) is 23.7 Å². The number of carbonyl (C=O) groups is 1. The van der Waals surface area contributed by atoms with Gasteiger partial charge in [-0.05, 0) is 47.5 Å². The van der Waals surface area contributed by atoms with Gasteiger partial charge in [0.2, 0.25) is 5.78 Å². The first kappa shape index (κ1) is 14.9. The monoisotopic (exact) mass is 328 g/mol. The van der Waals surface area contributed by atoms with Crippen LogP contribution in [0.4, 0.5) is 0 Å². The van der Waals surface area contributed by atoms with Crippen molar-refractivity contribution in [2.45, 2.75) is 12.8 Å². The maximum atomic E-state index is 12.3. The van der Waals surface area contributed by atoms with Crippen LogP contribution in [0.25, 0.3) is 0 Å². The van der Waals surface area contributed by atoms with Crippen LogP contribution in [0.1, 0.15) is 26.4 Å². The summed E-state index contributed by atoms with van der Waals surface area (Å²) in [5.74, 6) is -0.0247. The molecule has 22 heavy (non-hydrogen) atoms. The van der Waals surface area contributed by atoms with E-state index in [2.05, 4.69) is 9.97 Å². The maximum Gasteiger partial charge on any atom is 0.206 e. The second kappa shape index (κ2) is 6.81. The van der Waals surface area contributed by atoms with Crippen molar-refractivity contribution >= 4 is 28.7 Å². The number of hydrogen-bond acceptors (Lipinski definition) is 4. The predicted octanol–water partition coefficient (Wildman–Crippen LogP) is 4.21. The molecule has 3 rings (SSSR count). The Morgan fingerprint density at radius 2 is 1.73 bits per heavy atom. The van der Waals surface area contributed by atoms with E-state index in [-0.39, 0.29) is 5.78 Å². The highest BCUT2D eigenvalue weighted by Crippen LogP contribution is 2.20. The van der Waals surface area contributed by atoms with E-state index < -0.39 is 0 Å². The smallest absolute Gasteiger partial charge is 0.206 e. The third-order valence-corrected chi connectivity index (χ3v) is 4.55. The number of thiophene rings is 1. The van der Waals surface area contributed by atoms with Gasteiger partial charge < -0.3 is 0 Å². The van der Waals surface area contributed by atoms with E-state index in [1.54, 1.807) is 12.4 Å². The number of benzene rings is 1. The van der Waals surface area contributed by atoms with Crippen molar-refractivity contribution in [3.63, 3.8) is 0 Å². The molecule has 2 heterocycles. The van der Waals surface area contributed by atoms with Crippen LogP contribution in [0.3, 0.4) is 0 Å². The number of nitrogens with zero attached hydrogens (tertiary/aromatic N) is 2. The molecule has 3 aromatic rings. The van der Waals surface area contributed by atoms with Crippen molar-refractivity contribution in [2.24, 2.45) is 0 Å². The first-order valence-electron chi connectivity index (χ1n) is 6.84. The number of rotatable bonds is 5. The molecule has 0 aliphatic rings. The molecule has 110 valence electrons. The Balaban J connectivity index is 1.66. The highest BCUT2D eigenvalue weighted by Gasteiger charge is 2.12. The van der Waals surface area contributed by atoms with Crippen LogP contribution in [0.15, 0.2) is 54.4 Å². The number of carbonyl (C=O) groups excluding carboxylic acids is 1. The van der Waals surface area contributed by atoms with Crippen LogP contribution in [-0.2, 0) is 12.8 Å². The van der Waals surface area contributed by atoms with Gasteiger partial charge in [-0.2, -0.15) is 0 Å². The molecule has 0 aliphatic heterocycles. The summed E-state index contributed by atoms with van der Waals surface area (Å²) in [6.45, 7) is 0. The molecule has 0 spiro atoms. The molecular weight excluding hydrogens is 316 g/mol. The first-order valence-corrected chi connectivity index (χ1v) is 8.10. The lowest BCUT2D eigenvalue weighted by atomic mass is 10.1. The summed E-state index contributed by atoms with van der Waals surface area (Å²) >= 11 is 7.34. The largest absolute Gasteiger partial charge is 0.288 e. The molecule has 0 radical (unpaired) electrons. The van der Waals surface area contributed by atoms with E-state index in [1.807, 2.05) is 35.7 Å². The Kier molecular flexibility index (Phi) is 4.61. The highest BCUT2D eigenvalue weighted by molar-refractivity contribution is 7.12. The number of halogens is 1. The van der Waals surface area contributed by atoms with Crippen LogP contribution >= 0.6 is 22.9 Å². The standard InChI is InChI=1S/C17H13ClN2OS/c18-15-5-3-12(4-6-15)1-2-13-7-16(22-10-13)17(21)14-8-19-11-20-9-14/h3-11H,1-2H2. The van der Waals surface area contributed by atoms with Crippen LogP contribution < -0.4 is 0 Å². The molecule has 0 aliphatic carbocycles. The SMILES string of the molecule is O=C(c1cncnc1)c1cc(CCc2ccc(Cl)cc2)cs1. The normalized spacial score (nSPS) is 10.6. The van der Waals surface area contributed by atoms with Gasteiger partial charge in [0.25, 0.3) is 0 Å². The average molecular weight is 329 g/mol. The van der Waals surface area contributed by atoms with E-state index in [0.29, 0.717) is 5.56 Å². The van der Waals surface area contributed by atoms with E-state index in [4.69, 9.17) is 11.6 Å². The summed E-state index contributed by atoms with van der Waals surface area (Å²) in [5.41, 5.74) is 2.92. The van der Waals surface area contributed by atoms with Crippen LogP contribution in [0.5, 0.6) is 0 Å². The van der Waals surface area contributed by atoms with Gasteiger partial charge in [-0.25, -0.2) is 9.97 Å². The number of aromatic nitrogens is 2. The minimum absolute atomic E-state index is 0.0247. The van der Waals surface area contributed by atoms with Crippen molar-refractivity contribution < 1.29 is 4.79 Å². The molecule has 0 amide bonds. The molecule has 0 N–H and O–H groups in total. The van der Waals surface area contributed by atoms with E-state index in [1.165, 1.54) is 28.8 Å². The van der Waals surface area contributed by atoms with Gasteiger partial charge in [0.1, 0.15) is 6.33 Å². The van der Waals surface area contributed by atoms with Gasteiger partial charge in [-0.15, -0.1) is 11.3 Å². The van der Waals surface area contributed by atoms with E-state index >= 15 is 0 Å². The Bertz CT molecular complexity index is 769. The lowest BCUT2D eigenvalue weighted by molar-refractivity contribution is 0.104. The zero-order valence-corrected chi connectivity index (χ0v) is 13.3. The molecule has 0 saturated heterocycles. The zero-order chi connectivity index (χ0) is 15.4. The second-order valence-corrected chi connectivity index (χ2v) is 6.25. The Morgan fingerprint density at radius 3 is 2.45 bits per heavy atom. The fourth-order valence-corrected chi connectivity index (χ4v) is 3.16. The minimum Gasteiger partial charge on any atom is -0.288 e. The summed E-state index contributed by atoms with van der Waals surface area (Å²) in [4.78, 5) is 20.8. The summed E-state index contributed by atoms with van der Waals surface area (Å²) in [7, 11) is 0. The quantitative estimate of drug-likeness (QED) is 0.659. The summed E-state index contributed by atoms with van der Waals surface area (Å²) < 4.78 is 0. The summed E-state index contributed by atoms with van der Waals surface area (Å²) in [6.07, 6.45) is 6.33. The molecule has 5 heteroatoms. The number of ketones is 1. The van der Waals surface area contributed by atoms with Gasteiger partial charge in [0.15, 0.2) is 0 Å². The maximum absolute atomic E-state index is 12.3. The first-order chi connectivity index (χ1) is 10.7. The molecule has 0 bridgehead atoms. The molecule has 0 saturated carbocycles. The predicted molar refractivity (Wildman–Crippen MR) is 88.6 cm³/mol. The van der Waals surface area contributed by atoms with Gasteiger partial charge >= 0.3 is 0 Å². The van der Waals surface area contributed by atoms with Gasteiger partial charge in [0, 0.05) is 17.4 Å². The highest BCUT2D eigenvalue weighted by atomic mass is 35.5. The fraction of sp³-hybridized carbons (Fsp3) is 0.118. The minimum atomic E-state index is -0.0247. The Morgan fingerprint density at radius 1 is 1.05 bits per heavy atom. The zero-order valence-electron chi connectivity index (χ0n) is 11.7. The molecule has 2 aromatic heterocycles. The molecular formula is C17H13ClN2OS. The Hall–Kier alpha value is -2.04. The lowest BCUT2D eigenvalue weighted by Crippen LogP contribution is -1.99. The summed E-state index contributed by atoms with van der Waals surface area (Å²) in [6, 6.07) is 9.81. The van der Waals surface area contributed by atoms with Gasteiger partial charge in [-0.3, -0.25) is 4.79 Å². The third kappa shape index (κ3) is 3.59. The van der Waals surface area contributed by atoms with Crippen LogP contribution in [0.2, 0.25) is 5.02 Å². The van der Waals surface area contributed by atoms with E-state index in [9.17, 15) is 4.79 Å². The Labute approximate surface area is 137 Å². The van der Waals surface area contributed by atoms with Gasteiger partial charge in [0.05, 0.1) is 10.4 Å². The third-order valence-electron chi connectivity index (χ3n) is 3.32. The van der Waals surface area contributed by atoms with Crippen LogP contribution in [-0.4, -0.2) is 15.8 Å². The molecule has 0 unspecified atom stereocenters. The van der Waals surface area contributed by atoms with Crippen molar-refractivity contribution in [3.05, 3.63) is 81.0 Å². The lowest BCUT2D eigenvalue weighted by Gasteiger charge is -2.00.